The van der Waals surface area contributed by atoms with Gasteiger partial charge in [-0.05, 0) is 12.8 Å². The summed E-state index contributed by atoms with van der Waals surface area (Å²) in [4.78, 5) is 10.5. The van der Waals surface area contributed by atoms with Gasteiger partial charge in [-0.3, -0.25) is 4.79 Å². The summed E-state index contributed by atoms with van der Waals surface area (Å²) in [5.41, 5.74) is 0. The molecule has 0 saturated heterocycles. The summed E-state index contributed by atoms with van der Waals surface area (Å²) in [6.45, 7) is 0.982. The molecule has 0 bridgehead atoms. The first-order valence-corrected chi connectivity index (χ1v) is 20.7. The van der Waals surface area contributed by atoms with Crippen molar-refractivity contribution in [2.45, 2.75) is 231 Å². The molecule has 0 rings (SSSR count). The summed E-state index contributed by atoms with van der Waals surface area (Å²) >= 11 is 8.99. The third-order valence-corrected chi connectivity index (χ3v) is 9.65. The number of rotatable bonds is 38. The fraction of sp³-hybridized carbons (Fsp3) is 0.949. The topological polar surface area (TPSA) is 49.3 Å². The molecule has 0 aromatic rings. The highest BCUT2D eigenvalue weighted by molar-refractivity contribution is 8.11. The van der Waals surface area contributed by atoms with Gasteiger partial charge in [-0.25, -0.2) is 0 Å². The molecule has 5 heteroatoms. The molecule has 0 saturated carbocycles. The van der Waals surface area contributed by atoms with Crippen LogP contribution in [0.25, 0.3) is 0 Å². The van der Waals surface area contributed by atoms with E-state index in [-0.39, 0.29) is 0 Å². The maximum absolute atomic E-state index is 10.5. The summed E-state index contributed by atoms with van der Waals surface area (Å²) in [7, 11) is 0. The van der Waals surface area contributed by atoms with Gasteiger partial charge in [-0.15, -0.1) is 12.6 Å². The van der Waals surface area contributed by atoms with E-state index < -0.39 is 5.97 Å². The van der Waals surface area contributed by atoms with Crippen molar-refractivity contribution in [3.63, 3.8) is 0 Å². The van der Waals surface area contributed by atoms with Crippen LogP contribution in [-0.2, 0) is 4.79 Å². The molecule has 262 valence electrons. The Balaban J connectivity index is 3.05. The van der Waals surface area contributed by atoms with Crippen LogP contribution in [0.4, 0.5) is 0 Å². The predicted octanol–water partition coefficient (Wildman–Crippen LogP) is 13.9. The predicted molar refractivity (Wildman–Crippen MR) is 203 cm³/mol. The van der Waals surface area contributed by atoms with Crippen LogP contribution in [0, 0.1) is 0 Å². The van der Waals surface area contributed by atoms with E-state index >= 15 is 0 Å². The highest BCUT2D eigenvalue weighted by Crippen LogP contribution is 2.17. The van der Waals surface area contributed by atoms with Crippen molar-refractivity contribution in [1.29, 1.82) is 0 Å². The lowest BCUT2D eigenvalue weighted by molar-refractivity contribution is -0.137. The molecule has 0 aliphatic heterocycles. The number of thiocarbonyl (C=S) groups is 1. The fourth-order valence-corrected chi connectivity index (χ4v) is 6.64. The molecular weight excluding hydrogens is 579 g/mol. The largest absolute Gasteiger partial charge is 0.481 e. The Morgan fingerprint density at radius 1 is 0.386 bits per heavy atom. The Labute approximate surface area is 287 Å². The summed E-state index contributed by atoms with van der Waals surface area (Å²) in [6, 6.07) is 0. The zero-order valence-corrected chi connectivity index (χ0v) is 31.1. The summed E-state index contributed by atoms with van der Waals surface area (Å²) < 4.78 is 0.625. The Hall–Kier alpha value is -0.290. The Bertz CT molecular complexity index is 536. The van der Waals surface area contributed by atoms with Gasteiger partial charge >= 0.3 is 5.97 Å². The van der Waals surface area contributed by atoms with Gasteiger partial charge in [0.05, 0.1) is 0 Å². The minimum Gasteiger partial charge on any atom is -0.481 e. The minimum absolute atomic E-state index is 0.344. The van der Waals surface area contributed by atoms with E-state index in [4.69, 9.17) is 17.3 Å². The van der Waals surface area contributed by atoms with E-state index in [1.165, 1.54) is 212 Å². The minimum atomic E-state index is -0.650. The van der Waals surface area contributed by atoms with Crippen LogP contribution in [0.3, 0.4) is 0 Å². The normalized spacial score (nSPS) is 11.3. The maximum atomic E-state index is 10.5. The third-order valence-electron chi connectivity index (χ3n) is 9.34. The average Bonchev–Trinajstić information content (AvgIpc) is 3.00. The summed E-state index contributed by atoms with van der Waals surface area (Å²) in [6.07, 6.45) is 49.0. The molecule has 0 unspecified atom stereocenters. The maximum Gasteiger partial charge on any atom is 0.303 e. The number of hydrogen-bond donors (Lipinski definition) is 3. The van der Waals surface area contributed by atoms with Gasteiger partial charge in [0.15, 0.2) is 0 Å². The molecule has 0 fully saturated rings. The highest BCUT2D eigenvalue weighted by atomic mass is 32.1. The molecule has 0 atom stereocenters. The Morgan fingerprint density at radius 2 is 0.568 bits per heavy atom. The van der Waals surface area contributed by atoms with E-state index in [2.05, 4.69) is 17.9 Å². The van der Waals surface area contributed by atoms with Gasteiger partial charge in [0.2, 0.25) is 0 Å². The molecule has 3 nitrogen and oxygen atoms in total. The number of nitrogens with one attached hydrogen (secondary N) is 1. The van der Waals surface area contributed by atoms with Crippen LogP contribution in [0.15, 0.2) is 0 Å². The van der Waals surface area contributed by atoms with E-state index in [0.29, 0.717) is 10.7 Å². The molecule has 0 aliphatic carbocycles. The van der Waals surface area contributed by atoms with Gasteiger partial charge in [0.1, 0.15) is 4.32 Å². The Morgan fingerprint density at radius 3 is 0.750 bits per heavy atom. The van der Waals surface area contributed by atoms with Gasteiger partial charge in [0.25, 0.3) is 0 Å². The molecule has 2 N–H and O–H groups in total. The molecule has 0 amide bonds. The van der Waals surface area contributed by atoms with Crippen LogP contribution in [0.1, 0.15) is 231 Å². The first-order valence-electron chi connectivity index (χ1n) is 19.8. The lowest BCUT2D eigenvalue weighted by Crippen LogP contribution is -2.17. The van der Waals surface area contributed by atoms with Crippen molar-refractivity contribution in [3.05, 3.63) is 0 Å². The summed E-state index contributed by atoms with van der Waals surface area (Å²) in [5, 5.41) is 11.8. The second-order valence-electron chi connectivity index (χ2n) is 13.8. The molecule has 0 heterocycles. The van der Waals surface area contributed by atoms with Crippen molar-refractivity contribution in [2.24, 2.45) is 0 Å². The number of hydrogen-bond acceptors (Lipinski definition) is 2. The number of carboxylic acid groups (broad SMARTS) is 1. The SMILES string of the molecule is O=C(O)CCCCCCCCCCCCCCCCCCCCCCCCCCCCCCCCCCCCCNC(=S)S. The van der Waals surface area contributed by atoms with Crippen LogP contribution in [-0.4, -0.2) is 21.9 Å². The van der Waals surface area contributed by atoms with Crippen molar-refractivity contribution in [1.82, 2.24) is 5.32 Å². The average molecular weight is 656 g/mol. The van der Waals surface area contributed by atoms with Crippen molar-refractivity contribution in [3.8, 4) is 0 Å². The number of thiol groups is 1. The van der Waals surface area contributed by atoms with Crippen LogP contribution in [0.5, 0.6) is 0 Å². The molecular formula is C39H77NO2S2. The fourth-order valence-electron chi connectivity index (χ4n) is 6.43. The smallest absolute Gasteiger partial charge is 0.303 e. The van der Waals surface area contributed by atoms with Crippen LogP contribution >= 0.6 is 24.8 Å². The summed E-state index contributed by atoms with van der Waals surface area (Å²) in [5.74, 6) is -0.650. The van der Waals surface area contributed by atoms with Crippen LogP contribution < -0.4 is 5.32 Å². The zero-order chi connectivity index (χ0) is 32.0. The second-order valence-corrected chi connectivity index (χ2v) is 14.9. The number of carbonyl (C=O) groups is 1. The standard InChI is InChI=1S/C39H77NO2S2/c41-38(42)36-34-32-30-28-26-24-22-20-18-16-14-12-10-8-6-4-2-1-3-5-7-9-11-13-15-17-19-21-23-25-27-29-31-33-35-37-40-39(43)44/h1-37H2,(H,41,42)(H2,40,43,44). The lowest BCUT2D eigenvalue weighted by Gasteiger charge is -2.05. The highest BCUT2D eigenvalue weighted by Gasteiger charge is 1.99. The monoisotopic (exact) mass is 656 g/mol. The van der Waals surface area contributed by atoms with E-state index in [0.717, 1.165) is 19.4 Å². The Kier molecular flexibility index (Phi) is 38.6. The van der Waals surface area contributed by atoms with Gasteiger partial charge in [-0.1, -0.05) is 224 Å². The van der Waals surface area contributed by atoms with Crippen LogP contribution in [0.2, 0.25) is 0 Å². The van der Waals surface area contributed by atoms with Gasteiger partial charge in [-0.2, -0.15) is 0 Å². The van der Waals surface area contributed by atoms with E-state index in [9.17, 15) is 4.79 Å². The molecule has 44 heavy (non-hydrogen) atoms. The van der Waals surface area contributed by atoms with E-state index in [1.54, 1.807) is 0 Å². The van der Waals surface area contributed by atoms with Crippen molar-refractivity contribution >= 4 is 35.1 Å². The third kappa shape index (κ3) is 41.7. The number of carboxylic acids is 1. The van der Waals surface area contributed by atoms with Gasteiger partial charge in [0, 0.05) is 13.0 Å². The van der Waals surface area contributed by atoms with Crippen molar-refractivity contribution < 1.29 is 9.90 Å². The zero-order valence-electron chi connectivity index (χ0n) is 29.4. The molecule has 0 aromatic heterocycles. The first kappa shape index (κ1) is 43.7. The number of aliphatic carboxylic acids is 1. The lowest BCUT2D eigenvalue weighted by atomic mass is 10.0. The molecule has 0 aliphatic rings. The van der Waals surface area contributed by atoms with E-state index in [1.807, 2.05) is 0 Å². The molecule has 0 aromatic carbocycles. The van der Waals surface area contributed by atoms with Gasteiger partial charge < -0.3 is 10.4 Å². The first-order chi connectivity index (χ1) is 21.6. The quantitative estimate of drug-likeness (QED) is 0.0352. The second kappa shape index (κ2) is 38.9. The molecule has 0 radical (unpaired) electrons. The molecule has 0 spiro atoms. The van der Waals surface area contributed by atoms with Crippen molar-refractivity contribution in [2.75, 3.05) is 6.54 Å². The number of unbranched alkanes of at least 4 members (excludes halogenated alkanes) is 34.